The van der Waals surface area contributed by atoms with E-state index in [4.69, 9.17) is 5.73 Å². The minimum Gasteiger partial charge on any atom is -0.508 e. The van der Waals surface area contributed by atoms with Crippen LogP contribution >= 0.6 is 0 Å². The first kappa shape index (κ1) is 21.7. The van der Waals surface area contributed by atoms with Crippen LogP contribution in [0.2, 0.25) is 0 Å². The zero-order valence-electron chi connectivity index (χ0n) is 16.0. The molecular weight excluding hydrogens is 412 g/mol. The monoisotopic (exact) mass is 434 g/mol. The average molecular weight is 434 g/mol. The number of rotatable bonds is 8. The van der Waals surface area contributed by atoms with Gasteiger partial charge in [-0.1, -0.05) is 24.3 Å². The lowest BCUT2D eigenvalue weighted by molar-refractivity contribution is -0.387. The lowest BCUT2D eigenvalue weighted by Crippen LogP contribution is -2.48. The predicted octanol–water partition coefficient (Wildman–Crippen LogP) is 0.750. The molecule has 160 valence electrons. The smallest absolute Gasteiger partial charge is 0.289 e. The van der Waals surface area contributed by atoms with Crippen LogP contribution in [-0.4, -0.2) is 53.8 Å². The number of nitro groups is 1. The van der Waals surface area contributed by atoms with E-state index in [1.54, 1.807) is 12.1 Å². The minimum absolute atomic E-state index is 0.0632. The highest BCUT2D eigenvalue weighted by Crippen LogP contribution is 2.28. The van der Waals surface area contributed by atoms with Crippen molar-refractivity contribution >= 4 is 21.6 Å². The molecule has 4 N–H and O–H groups in total. The van der Waals surface area contributed by atoms with Crippen molar-refractivity contribution in [1.82, 2.24) is 9.62 Å². The van der Waals surface area contributed by atoms with Crippen LogP contribution in [0.15, 0.2) is 53.4 Å². The number of nitro benzene ring substituents is 1. The van der Waals surface area contributed by atoms with E-state index in [1.807, 2.05) is 0 Å². The van der Waals surface area contributed by atoms with E-state index in [2.05, 4.69) is 5.32 Å². The summed E-state index contributed by atoms with van der Waals surface area (Å²) in [5, 5.41) is 23.7. The molecule has 1 fully saturated rings. The van der Waals surface area contributed by atoms with Gasteiger partial charge in [-0.15, -0.1) is 0 Å². The van der Waals surface area contributed by atoms with E-state index in [9.17, 15) is 28.4 Å². The number of para-hydroxylation sites is 1. The maximum atomic E-state index is 12.9. The molecule has 0 saturated carbocycles. The van der Waals surface area contributed by atoms with Crippen LogP contribution < -0.4 is 11.1 Å². The van der Waals surface area contributed by atoms with Crippen molar-refractivity contribution < 1.29 is 23.2 Å². The van der Waals surface area contributed by atoms with Crippen molar-refractivity contribution in [2.75, 3.05) is 13.1 Å². The summed E-state index contributed by atoms with van der Waals surface area (Å²) < 4.78 is 27.0. The van der Waals surface area contributed by atoms with Crippen LogP contribution in [0.25, 0.3) is 0 Å². The molecule has 0 unspecified atom stereocenters. The van der Waals surface area contributed by atoms with Gasteiger partial charge in [0, 0.05) is 25.2 Å². The van der Waals surface area contributed by atoms with Gasteiger partial charge < -0.3 is 16.2 Å². The Bertz CT molecular complexity index is 1040. The number of carbonyl (C=O) groups is 1. The molecule has 1 heterocycles. The largest absolute Gasteiger partial charge is 0.508 e. The number of hydrogen-bond acceptors (Lipinski definition) is 7. The fraction of sp³-hybridized carbons (Fsp3) is 0.316. The van der Waals surface area contributed by atoms with Gasteiger partial charge in [0.1, 0.15) is 5.75 Å². The summed E-state index contributed by atoms with van der Waals surface area (Å²) in [4.78, 5) is 22.0. The molecule has 3 rings (SSSR count). The van der Waals surface area contributed by atoms with E-state index in [0.29, 0.717) is 6.42 Å². The summed E-state index contributed by atoms with van der Waals surface area (Å²) in [5.74, 6) is -0.475. The lowest BCUT2D eigenvalue weighted by atomic mass is 10.0. The molecule has 1 aliphatic heterocycles. The number of aromatic hydroxyl groups is 1. The van der Waals surface area contributed by atoms with Gasteiger partial charge in [0.25, 0.3) is 5.69 Å². The average Bonchev–Trinajstić information content (AvgIpc) is 3.18. The van der Waals surface area contributed by atoms with E-state index < -0.39 is 32.6 Å². The van der Waals surface area contributed by atoms with Crippen molar-refractivity contribution in [2.45, 2.75) is 29.8 Å². The van der Waals surface area contributed by atoms with Crippen LogP contribution in [0.1, 0.15) is 12.0 Å². The van der Waals surface area contributed by atoms with Crippen molar-refractivity contribution in [3.8, 4) is 5.75 Å². The van der Waals surface area contributed by atoms with Crippen molar-refractivity contribution in [3.05, 3.63) is 64.2 Å². The fourth-order valence-electron chi connectivity index (χ4n) is 3.44. The molecule has 0 aromatic heterocycles. The van der Waals surface area contributed by atoms with Crippen LogP contribution in [-0.2, 0) is 21.2 Å². The first-order valence-electron chi connectivity index (χ1n) is 9.25. The van der Waals surface area contributed by atoms with Crippen molar-refractivity contribution in [2.24, 2.45) is 5.73 Å². The van der Waals surface area contributed by atoms with Crippen molar-refractivity contribution in [3.63, 3.8) is 0 Å². The summed E-state index contributed by atoms with van der Waals surface area (Å²) in [5.41, 5.74) is 5.81. The van der Waals surface area contributed by atoms with Crippen LogP contribution in [0.5, 0.6) is 5.75 Å². The third kappa shape index (κ3) is 4.75. The number of benzene rings is 2. The number of sulfonamides is 1. The molecule has 1 saturated heterocycles. The normalized spacial score (nSPS) is 18.2. The standard InChI is InChI=1S/C19H22N4O6S/c20-19(25)16(11-13-5-7-15(24)8-6-13)21-14-9-10-22(12-14)30(28,29)18-4-2-1-3-17(18)23(26)27/h1-8,14,16,21,24H,9-12H2,(H2,20,25)/t14-,16-/m0/s1. The van der Waals surface area contributed by atoms with Gasteiger partial charge in [-0.2, -0.15) is 4.31 Å². The van der Waals surface area contributed by atoms with Gasteiger partial charge >= 0.3 is 0 Å². The molecule has 1 amide bonds. The maximum absolute atomic E-state index is 12.9. The SMILES string of the molecule is NC(=O)[C@H](Cc1ccc(O)cc1)N[C@H]1CCN(S(=O)(=O)c2ccccc2[N+](=O)[O-])C1. The number of nitrogens with one attached hydrogen (secondary N) is 1. The predicted molar refractivity (Wildman–Crippen MR) is 108 cm³/mol. The van der Waals surface area contributed by atoms with Gasteiger partial charge in [-0.05, 0) is 36.6 Å². The Kier molecular flexibility index (Phi) is 6.34. The highest BCUT2D eigenvalue weighted by molar-refractivity contribution is 7.89. The number of nitrogens with zero attached hydrogens (tertiary/aromatic N) is 2. The first-order valence-corrected chi connectivity index (χ1v) is 10.7. The third-order valence-corrected chi connectivity index (χ3v) is 6.90. The van der Waals surface area contributed by atoms with Crippen molar-refractivity contribution in [1.29, 1.82) is 0 Å². The zero-order chi connectivity index (χ0) is 21.9. The Morgan fingerprint density at radius 1 is 1.27 bits per heavy atom. The summed E-state index contributed by atoms with van der Waals surface area (Å²) in [6.45, 7) is 0.227. The molecule has 10 nitrogen and oxygen atoms in total. The highest BCUT2D eigenvalue weighted by atomic mass is 32.2. The number of nitrogens with two attached hydrogens (primary N) is 1. The second kappa shape index (κ2) is 8.78. The van der Waals surface area contributed by atoms with Crippen LogP contribution in [0.4, 0.5) is 5.69 Å². The van der Waals surface area contributed by atoms with E-state index in [0.717, 1.165) is 11.6 Å². The van der Waals surface area contributed by atoms with Gasteiger partial charge in [-0.3, -0.25) is 14.9 Å². The Hall–Kier alpha value is -3.02. The van der Waals surface area contributed by atoms with Gasteiger partial charge in [-0.25, -0.2) is 8.42 Å². The quantitative estimate of drug-likeness (QED) is 0.409. The summed E-state index contributed by atoms with van der Waals surface area (Å²) in [6, 6.07) is 10.5. The number of primary amides is 1. The molecule has 30 heavy (non-hydrogen) atoms. The molecule has 11 heteroatoms. The number of hydrogen-bond donors (Lipinski definition) is 3. The van der Waals surface area contributed by atoms with E-state index in [1.165, 1.54) is 34.6 Å². The van der Waals surface area contributed by atoms with Gasteiger partial charge in [0.15, 0.2) is 4.90 Å². The van der Waals surface area contributed by atoms with Crippen LogP contribution in [0.3, 0.4) is 0 Å². The minimum atomic E-state index is -4.06. The Morgan fingerprint density at radius 3 is 2.57 bits per heavy atom. The summed E-state index contributed by atoms with van der Waals surface area (Å²) >= 11 is 0. The van der Waals surface area contributed by atoms with Crippen LogP contribution in [0, 0.1) is 10.1 Å². The molecule has 1 aliphatic rings. The molecular formula is C19H22N4O6S. The first-order chi connectivity index (χ1) is 14.2. The third-order valence-electron chi connectivity index (χ3n) is 4.99. The fourth-order valence-corrected chi connectivity index (χ4v) is 5.10. The van der Waals surface area contributed by atoms with Gasteiger partial charge in [0.05, 0.1) is 11.0 Å². The molecule has 0 spiro atoms. The number of amides is 1. The van der Waals surface area contributed by atoms with E-state index >= 15 is 0 Å². The van der Waals surface area contributed by atoms with Gasteiger partial charge in [0.2, 0.25) is 15.9 Å². The summed E-state index contributed by atoms with van der Waals surface area (Å²) in [6.07, 6.45) is 0.711. The Balaban J connectivity index is 1.71. The number of phenols is 1. The number of phenolic OH excluding ortho intramolecular Hbond substituents is 1. The second-order valence-corrected chi connectivity index (χ2v) is 8.97. The zero-order valence-corrected chi connectivity index (χ0v) is 16.8. The number of carbonyl (C=O) groups excluding carboxylic acids is 1. The molecule has 2 aromatic carbocycles. The molecule has 2 atom stereocenters. The molecule has 0 radical (unpaired) electrons. The molecule has 0 bridgehead atoms. The second-order valence-electron chi connectivity index (χ2n) is 7.07. The lowest BCUT2D eigenvalue weighted by Gasteiger charge is -2.21. The highest BCUT2D eigenvalue weighted by Gasteiger charge is 2.37. The topological polar surface area (TPSA) is 156 Å². The Labute approximate surface area is 173 Å². The molecule has 2 aromatic rings. The maximum Gasteiger partial charge on any atom is 0.289 e. The summed E-state index contributed by atoms with van der Waals surface area (Å²) in [7, 11) is -4.06. The molecule has 0 aliphatic carbocycles. The van der Waals surface area contributed by atoms with E-state index in [-0.39, 0.29) is 36.2 Å². The Morgan fingerprint density at radius 2 is 1.93 bits per heavy atom.